The largest absolute Gasteiger partial charge is 0.507 e. The highest BCUT2D eigenvalue weighted by Gasteiger charge is 2.38. The number of hydrogen-bond acceptors (Lipinski definition) is 5. The fraction of sp³-hybridized carbons (Fsp3) is 0.263. The van der Waals surface area contributed by atoms with E-state index >= 15 is 0 Å². The zero-order valence-electron chi connectivity index (χ0n) is 13.3. The number of hydrogen-bond donors (Lipinski definition) is 2. The van der Waals surface area contributed by atoms with Crippen molar-refractivity contribution in [3.8, 4) is 11.5 Å². The normalized spacial score (nSPS) is 22.9. The molecule has 3 aromatic carbocycles. The number of aromatic hydroxyl groups is 2. The van der Waals surface area contributed by atoms with E-state index in [9.17, 15) is 10.2 Å². The second-order valence-corrected chi connectivity index (χ2v) is 6.79. The summed E-state index contributed by atoms with van der Waals surface area (Å²) in [5.41, 5.74) is -0.445. The van der Waals surface area contributed by atoms with Gasteiger partial charge in [-0.05, 0) is 19.2 Å². The lowest BCUT2D eigenvalue weighted by atomic mass is 10.00. The number of phenols is 2. The number of benzene rings is 3. The van der Waals surface area contributed by atoms with Crippen molar-refractivity contribution in [3.63, 3.8) is 0 Å². The maximum atomic E-state index is 10.9. The average molecular weight is 319 g/mol. The Morgan fingerprint density at radius 3 is 2.42 bits per heavy atom. The van der Waals surface area contributed by atoms with Crippen LogP contribution in [0.25, 0.3) is 21.5 Å². The van der Waals surface area contributed by atoms with Gasteiger partial charge in [-0.25, -0.2) is 0 Å². The third-order valence-corrected chi connectivity index (χ3v) is 5.15. The van der Waals surface area contributed by atoms with Crippen molar-refractivity contribution >= 4 is 21.5 Å². The van der Waals surface area contributed by atoms with Crippen LogP contribution < -0.4 is 10.7 Å². The first-order valence-corrected chi connectivity index (χ1v) is 8.12. The van der Waals surface area contributed by atoms with Crippen LogP contribution in [-0.4, -0.2) is 40.9 Å². The Balaban J connectivity index is 1.94. The number of likely N-dealkylation sites (N-methyl/N-ethyl adjacent to an activating group) is 1. The first kappa shape index (κ1) is 13.7. The van der Waals surface area contributed by atoms with E-state index in [1.165, 1.54) is 0 Å². The van der Waals surface area contributed by atoms with Crippen molar-refractivity contribution in [1.29, 1.82) is 0 Å². The van der Waals surface area contributed by atoms with Crippen LogP contribution in [0.1, 0.15) is 6.42 Å². The van der Waals surface area contributed by atoms with Gasteiger partial charge in [-0.2, -0.15) is 0 Å². The molecule has 1 unspecified atom stereocenters. The lowest BCUT2D eigenvalue weighted by molar-refractivity contribution is 0.375. The van der Waals surface area contributed by atoms with Gasteiger partial charge in [0.2, 0.25) is 0 Å². The molecule has 5 heteroatoms. The van der Waals surface area contributed by atoms with Gasteiger partial charge in [0.1, 0.15) is 11.5 Å². The molecule has 2 heterocycles. The monoisotopic (exact) mass is 319 g/mol. The first-order valence-electron chi connectivity index (χ1n) is 8.12. The van der Waals surface area contributed by atoms with Crippen molar-refractivity contribution in [2.24, 2.45) is 9.98 Å². The molecule has 5 nitrogen and oxygen atoms in total. The van der Waals surface area contributed by atoms with Crippen molar-refractivity contribution < 1.29 is 10.2 Å². The molecule has 24 heavy (non-hydrogen) atoms. The van der Waals surface area contributed by atoms with Gasteiger partial charge in [0.15, 0.2) is 5.66 Å². The smallest absolute Gasteiger partial charge is 0.165 e. The molecule has 3 aromatic rings. The minimum absolute atomic E-state index is 0.164. The quantitative estimate of drug-likeness (QED) is 0.489. The summed E-state index contributed by atoms with van der Waals surface area (Å²) in [6.45, 7) is 1.74. The van der Waals surface area contributed by atoms with Crippen LogP contribution in [-0.2, 0) is 0 Å². The number of rotatable bonds is 0. The first-order chi connectivity index (χ1) is 11.6. The van der Waals surface area contributed by atoms with Crippen LogP contribution in [0.15, 0.2) is 46.4 Å². The third-order valence-electron chi connectivity index (χ3n) is 5.15. The van der Waals surface area contributed by atoms with Crippen molar-refractivity contribution in [1.82, 2.24) is 4.90 Å². The maximum Gasteiger partial charge on any atom is 0.165 e. The van der Waals surface area contributed by atoms with Crippen LogP contribution in [0.2, 0.25) is 0 Å². The van der Waals surface area contributed by atoms with E-state index in [2.05, 4.69) is 11.9 Å². The fourth-order valence-electron chi connectivity index (χ4n) is 4.00. The highest BCUT2D eigenvalue weighted by molar-refractivity contribution is 6.10. The predicted molar refractivity (Wildman–Crippen MR) is 91.9 cm³/mol. The zero-order chi connectivity index (χ0) is 16.5. The molecular formula is C19H17N3O2. The molecule has 1 saturated heterocycles. The lowest BCUT2D eigenvalue weighted by Crippen LogP contribution is -2.27. The molecule has 5 rings (SSSR count). The highest BCUT2D eigenvalue weighted by Crippen LogP contribution is 2.40. The van der Waals surface area contributed by atoms with Crippen LogP contribution in [0.4, 0.5) is 0 Å². The van der Waals surface area contributed by atoms with Gasteiger partial charge in [-0.1, -0.05) is 24.3 Å². The summed E-state index contributed by atoms with van der Waals surface area (Å²) in [5.74, 6) is 0.346. The van der Waals surface area contributed by atoms with Crippen LogP contribution >= 0.6 is 0 Å². The summed E-state index contributed by atoms with van der Waals surface area (Å²) in [4.78, 5) is 11.9. The molecule has 0 radical (unpaired) electrons. The molecule has 2 aliphatic rings. The summed E-state index contributed by atoms with van der Waals surface area (Å²) < 4.78 is 0. The minimum atomic E-state index is -0.445. The Morgan fingerprint density at radius 2 is 1.71 bits per heavy atom. The molecule has 0 saturated carbocycles. The van der Waals surface area contributed by atoms with Gasteiger partial charge >= 0.3 is 0 Å². The Bertz CT molecular complexity index is 1140. The molecule has 120 valence electrons. The molecule has 0 aliphatic carbocycles. The van der Waals surface area contributed by atoms with Crippen LogP contribution in [0.3, 0.4) is 0 Å². The Hall–Kier alpha value is -2.66. The van der Waals surface area contributed by atoms with Gasteiger partial charge in [-0.15, -0.1) is 0 Å². The van der Waals surface area contributed by atoms with Crippen molar-refractivity contribution in [2.45, 2.75) is 12.1 Å². The number of phenolic OH excluding ortho intramolecular Hbond substituents is 2. The molecule has 0 aromatic heterocycles. The van der Waals surface area contributed by atoms with E-state index < -0.39 is 5.66 Å². The molecule has 0 bridgehead atoms. The molecule has 1 fully saturated rings. The van der Waals surface area contributed by atoms with E-state index in [0.29, 0.717) is 26.9 Å². The predicted octanol–water partition coefficient (Wildman–Crippen LogP) is 1.69. The summed E-state index contributed by atoms with van der Waals surface area (Å²) in [5, 5.41) is 25.5. The Kier molecular flexibility index (Phi) is 2.55. The molecule has 1 atom stereocenters. The third kappa shape index (κ3) is 1.67. The van der Waals surface area contributed by atoms with Gasteiger partial charge < -0.3 is 15.1 Å². The summed E-state index contributed by atoms with van der Waals surface area (Å²) in [7, 11) is 2.07. The fourth-order valence-corrected chi connectivity index (χ4v) is 4.00. The topological polar surface area (TPSA) is 68.4 Å². The highest BCUT2D eigenvalue weighted by atomic mass is 16.3. The van der Waals surface area contributed by atoms with E-state index in [1.54, 1.807) is 0 Å². The molecule has 2 N–H and O–H groups in total. The second-order valence-electron chi connectivity index (χ2n) is 6.79. The summed E-state index contributed by atoms with van der Waals surface area (Å²) in [6, 6.07) is 11.0. The van der Waals surface area contributed by atoms with Crippen LogP contribution in [0.5, 0.6) is 11.5 Å². The average Bonchev–Trinajstić information content (AvgIpc) is 3.13. The van der Waals surface area contributed by atoms with Crippen molar-refractivity contribution in [3.05, 3.63) is 47.1 Å². The van der Waals surface area contributed by atoms with E-state index in [4.69, 9.17) is 9.98 Å². The molecule has 2 aliphatic heterocycles. The molecule has 1 spiro atoms. The summed E-state index contributed by atoms with van der Waals surface area (Å²) in [6.07, 6.45) is 0.875. The number of fused-ring (bicyclic) bond motifs is 4. The van der Waals surface area contributed by atoms with Gasteiger partial charge in [-0.3, -0.25) is 9.98 Å². The summed E-state index contributed by atoms with van der Waals surface area (Å²) >= 11 is 0. The number of likely N-dealkylation sites (tertiary alicyclic amines) is 1. The standard InChI is InChI=1S/C19H17N3O2/c1-22-9-8-19(10-22)20-14-7-6-13-15(16(14)21-19)18(24)12-5-3-2-4-11(12)17(13)23/h2-7,23-24H,8-10H2,1H3. The van der Waals surface area contributed by atoms with E-state index in [1.807, 2.05) is 36.4 Å². The van der Waals surface area contributed by atoms with Gasteiger partial charge in [0.25, 0.3) is 0 Å². The molecular weight excluding hydrogens is 302 g/mol. The minimum Gasteiger partial charge on any atom is -0.507 e. The zero-order valence-corrected chi connectivity index (χ0v) is 13.3. The Labute approximate surface area is 138 Å². The van der Waals surface area contributed by atoms with E-state index in [-0.39, 0.29) is 11.5 Å². The number of nitrogens with zero attached hydrogens (tertiary/aromatic N) is 3. The molecule has 0 amide bonds. The van der Waals surface area contributed by atoms with Crippen LogP contribution in [0, 0.1) is 0 Å². The second kappa shape index (κ2) is 4.45. The van der Waals surface area contributed by atoms with Gasteiger partial charge in [0, 0.05) is 35.7 Å². The van der Waals surface area contributed by atoms with Gasteiger partial charge in [0.05, 0.1) is 16.1 Å². The lowest BCUT2D eigenvalue weighted by Gasteiger charge is -2.15. The van der Waals surface area contributed by atoms with E-state index in [0.717, 1.165) is 24.9 Å². The Morgan fingerprint density at radius 1 is 0.958 bits per heavy atom. The maximum absolute atomic E-state index is 10.9. The SMILES string of the molecule is CN1CCC2(C1)N=c1ccc3c(O)c4ccccc4c(O)c3c1=N2. The van der Waals surface area contributed by atoms with Crippen molar-refractivity contribution in [2.75, 3.05) is 20.1 Å².